The number of aliphatic carboxylic acids is 1. The van der Waals surface area contributed by atoms with Crippen molar-refractivity contribution in [3.8, 4) is 0 Å². The Hall–Kier alpha value is -2.82. The van der Waals surface area contributed by atoms with Crippen molar-refractivity contribution in [2.75, 3.05) is 0 Å². The van der Waals surface area contributed by atoms with Crippen molar-refractivity contribution in [2.24, 2.45) is 0 Å². The molecule has 1 N–H and O–H groups in total. The predicted molar refractivity (Wildman–Crippen MR) is 65.6 cm³/mol. The van der Waals surface area contributed by atoms with Crippen LogP contribution in [0.5, 0.6) is 0 Å². The minimum absolute atomic E-state index is 0.0280. The van der Waals surface area contributed by atoms with E-state index >= 15 is 0 Å². The number of carbonyl (C=O) groups excluding carboxylic acids is 2. The summed E-state index contributed by atoms with van der Waals surface area (Å²) in [6.07, 6.45) is 2.64. The highest BCUT2D eigenvalue weighted by atomic mass is 16.4. The molecule has 0 fully saturated rings. The Morgan fingerprint density at radius 3 is 2.42 bits per heavy atom. The van der Waals surface area contributed by atoms with E-state index < -0.39 is 11.9 Å². The summed E-state index contributed by atoms with van der Waals surface area (Å²) in [4.78, 5) is 22.7. The maximum Gasteiger partial charge on any atom is 0.291 e. The molecule has 2 rings (SSSR count). The van der Waals surface area contributed by atoms with Crippen molar-refractivity contribution >= 4 is 18.0 Å². The van der Waals surface area contributed by atoms with E-state index in [1.54, 1.807) is 30.3 Å². The van der Waals surface area contributed by atoms with Crippen LogP contribution in [0, 0.1) is 0 Å². The second kappa shape index (κ2) is 5.68. The summed E-state index contributed by atoms with van der Waals surface area (Å²) in [6.45, 7) is 0. The third-order valence-corrected chi connectivity index (χ3v) is 2.32. The number of benzene rings is 1. The van der Waals surface area contributed by atoms with Crippen LogP contribution in [0.3, 0.4) is 0 Å². The van der Waals surface area contributed by atoms with Gasteiger partial charge in [0.05, 0.1) is 17.9 Å². The van der Waals surface area contributed by atoms with Crippen LogP contribution in [0.15, 0.2) is 58.8 Å². The number of carboxylic acids is 1. The number of hydrogen-bond donors (Lipinski definition) is 1. The van der Waals surface area contributed by atoms with Gasteiger partial charge in [0, 0.05) is 0 Å². The Bertz CT molecular complexity index is 600. The molecular formula is C14H10NO4-. The SMILES string of the molecule is O=C([O-])/C(=C\c1ccccc1)NC(=O)c1ccco1. The molecule has 0 atom stereocenters. The highest BCUT2D eigenvalue weighted by Gasteiger charge is 2.10. The van der Waals surface area contributed by atoms with Crippen molar-refractivity contribution in [2.45, 2.75) is 0 Å². The van der Waals surface area contributed by atoms with Crippen LogP contribution in [0.25, 0.3) is 6.08 Å². The van der Waals surface area contributed by atoms with E-state index in [-0.39, 0.29) is 11.5 Å². The Morgan fingerprint density at radius 2 is 1.84 bits per heavy atom. The van der Waals surface area contributed by atoms with Gasteiger partial charge in [0.1, 0.15) is 0 Å². The van der Waals surface area contributed by atoms with Crippen LogP contribution in [0.4, 0.5) is 0 Å². The zero-order chi connectivity index (χ0) is 13.7. The third-order valence-electron chi connectivity index (χ3n) is 2.32. The van der Waals surface area contributed by atoms with Gasteiger partial charge in [-0.3, -0.25) is 4.79 Å². The molecular weight excluding hydrogens is 246 g/mol. The van der Waals surface area contributed by atoms with Gasteiger partial charge in [0.15, 0.2) is 5.76 Å². The first kappa shape index (κ1) is 12.6. The van der Waals surface area contributed by atoms with Crippen LogP contribution in [-0.2, 0) is 4.79 Å². The smallest absolute Gasteiger partial charge is 0.291 e. The van der Waals surface area contributed by atoms with E-state index in [2.05, 4.69) is 5.32 Å². The fraction of sp³-hybridized carbons (Fsp3) is 0. The van der Waals surface area contributed by atoms with Gasteiger partial charge in [-0.15, -0.1) is 0 Å². The average molecular weight is 256 g/mol. The molecule has 1 amide bonds. The van der Waals surface area contributed by atoms with Crippen LogP contribution in [0.2, 0.25) is 0 Å². The normalized spacial score (nSPS) is 11.1. The maximum absolute atomic E-state index is 11.7. The van der Waals surface area contributed by atoms with Gasteiger partial charge in [0.2, 0.25) is 0 Å². The predicted octanol–water partition coefficient (Wildman–Crippen LogP) is 0.800. The lowest BCUT2D eigenvalue weighted by Gasteiger charge is -2.09. The number of rotatable bonds is 4. The number of carboxylic acid groups (broad SMARTS) is 1. The van der Waals surface area contributed by atoms with Gasteiger partial charge in [0.25, 0.3) is 5.91 Å². The number of nitrogens with one attached hydrogen (secondary N) is 1. The van der Waals surface area contributed by atoms with E-state index in [0.29, 0.717) is 5.56 Å². The second-order valence-corrected chi connectivity index (χ2v) is 3.69. The average Bonchev–Trinajstić information content (AvgIpc) is 2.93. The molecule has 0 bridgehead atoms. The topological polar surface area (TPSA) is 82.4 Å². The quantitative estimate of drug-likeness (QED) is 0.820. The van der Waals surface area contributed by atoms with E-state index in [1.807, 2.05) is 0 Å². The first-order valence-corrected chi connectivity index (χ1v) is 5.50. The minimum atomic E-state index is -1.47. The molecule has 5 nitrogen and oxygen atoms in total. The van der Waals surface area contributed by atoms with Crippen molar-refractivity contribution in [1.82, 2.24) is 5.32 Å². The summed E-state index contributed by atoms with van der Waals surface area (Å²) in [5, 5.41) is 13.2. The molecule has 2 aromatic rings. The summed E-state index contributed by atoms with van der Waals surface area (Å²) in [5.41, 5.74) is 0.314. The second-order valence-electron chi connectivity index (χ2n) is 3.69. The van der Waals surface area contributed by atoms with Crippen LogP contribution in [-0.4, -0.2) is 11.9 Å². The van der Waals surface area contributed by atoms with Gasteiger partial charge >= 0.3 is 0 Å². The monoisotopic (exact) mass is 256 g/mol. The lowest BCUT2D eigenvalue weighted by atomic mass is 10.2. The first-order chi connectivity index (χ1) is 9.16. The van der Waals surface area contributed by atoms with E-state index in [9.17, 15) is 14.7 Å². The highest BCUT2D eigenvalue weighted by molar-refractivity contribution is 6.00. The lowest BCUT2D eigenvalue weighted by molar-refractivity contribution is -0.299. The molecule has 0 saturated heterocycles. The molecule has 0 aliphatic rings. The number of hydrogen-bond acceptors (Lipinski definition) is 4. The Morgan fingerprint density at radius 1 is 1.11 bits per heavy atom. The summed E-state index contributed by atoms with van der Waals surface area (Å²) in [6, 6.07) is 11.7. The van der Waals surface area contributed by atoms with Crippen LogP contribution in [0.1, 0.15) is 16.1 Å². The zero-order valence-electron chi connectivity index (χ0n) is 9.83. The van der Waals surface area contributed by atoms with Gasteiger partial charge in [-0.1, -0.05) is 30.3 Å². The first-order valence-electron chi connectivity index (χ1n) is 5.50. The molecule has 0 saturated carbocycles. The van der Waals surface area contributed by atoms with Crippen molar-refractivity contribution in [3.63, 3.8) is 0 Å². The van der Waals surface area contributed by atoms with Gasteiger partial charge < -0.3 is 19.6 Å². The molecule has 1 heterocycles. The van der Waals surface area contributed by atoms with Crippen molar-refractivity contribution in [3.05, 3.63) is 65.7 Å². The van der Waals surface area contributed by atoms with Crippen LogP contribution >= 0.6 is 0 Å². The molecule has 0 radical (unpaired) electrons. The molecule has 0 unspecified atom stereocenters. The van der Waals surface area contributed by atoms with Crippen molar-refractivity contribution in [1.29, 1.82) is 0 Å². The molecule has 5 heteroatoms. The van der Waals surface area contributed by atoms with E-state index in [1.165, 1.54) is 24.5 Å². The largest absolute Gasteiger partial charge is 0.543 e. The minimum Gasteiger partial charge on any atom is -0.543 e. The van der Waals surface area contributed by atoms with Gasteiger partial charge in [-0.2, -0.15) is 0 Å². The molecule has 1 aromatic carbocycles. The number of amides is 1. The molecule has 0 spiro atoms. The maximum atomic E-state index is 11.7. The fourth-order valence-electron chi connectivity index (χ4n) is 1.45. The number of furan rings is 1. The molecule has 1 aromatic heterocycles. The Balaban J connectivity index is 2.20. The zero-order valence-corrected chi connectivity index (χ0v) is 9.83. The molecule has 0 aliphatic carbocycles. The summed E-state index contributed by atoms with van der Waals surface area (Å²) in [5.74, 6) is -2.08. The van der Waals surface area contributed by atoms with E-state index in [4.69, 9.17) is 4.42 Å². The summed E-state index contributed by atoms with van der Waals surface area (Å²) >= 11 is 0. The van der Waals surface area contributed by atoms with E-state index in [0.717, 1.165) is 0 Å². The van der Waals surface area contributed by atoms with Crippen LogP contribution < -0.4 is 10.4 Å². The van der Waals surface area contributed by atoms with Gasteiger partial charge in [-0.25, -0.2) is 0 Å². The molecule has 0 aliphatic heterocycles. The molecule has 96 valence electrons. The lowest BCUT2D eigenvalue weighted by Crippen LogP contribution is -2.35. The molecule has 19 heavy (non-hydrogen) atoms. The third kappa shape index (κ3) is 3.32. The van der Waals surface area contributed by atoms with Gasteiger partial charge in [-0.05, 0) is 23.8 Å². The Kier molecular flexibility index (Phi) is 3.78. The van der Waals surface area contributed by atoms with Crippen molar-refractivity contribution < 1.29 is 19.1 Å². The highest BCUT2D eigenvalue weighted by Crippen LogP contribution is 2.06. The summed E-state index contributed by atoms with van der Waals surface area (Å²) < 4.78 is 4.87. The standard InChI is InChI=1S/C14H11NO4/c16-13(12-7-4-8-19-12)15-11(14(17)18)9-10-5-2-1-3-6-10/h1-9H,(H,15,16)(H,17,18)/p-1/b11-9+. The number of carbonyl (C=O) groups is 2. The summed E-state index contributed by atoms with van der Waals surface area (Å²) in [7, 11) is 0. The fourth-order valence-corrected chi connectivity index (χ4v) is 1.45. The Labute approximate surface area is 109 Å².